The first-order valence-corrected chi connectivity index (χ1v) is 7.21. The van der Waals surface area contributed by atoms with E-state index in [1.807, 2.05) is 43.3 Å². The molecule has 2 aromatic carbocycles. The van der Waals surface area contributed by atoms with Crippen LogP contribution in [0.1, 0.15) is 12.5 Å². The van der Waals surface area contributed by atoms with Gasteiger partial charge in [-0.05, 0) is 37.3 Å². The minimum absolute atomic E-state index is 0.117. The van der Waals surface area contributed by atoms with E-state index in [9.17, 15) is 4.79 Å². The number of rotatable bonds is 5. The van der Waals surface area contributed by atoms with Crippen LogP contribution in [0.3, 0.4) is 0 Å². The van der Waals surface area contributed by atoms with Gasteiger partial charge in [0.05, 0.1) is 16.7 Å². The molecule has 0 aliphatic rings. The summed E-state index contributed by atoms with van der Waals surface area (Å²) in [6.45, 7) is 2.33. The number of ether oxygens (including phenoxy) is 1. The molecule has 0 aliphatic heterocycles. The monoisotopic (exact) mass is 314 g/mol. The van der Waals surface area contributed by atoms with Crippen LogP contribution in [0.5, 0.6) is 5.75 Å². The van der Waals surface area contributed by atoms with Crippen LogP contribution in [-0.2, 0) is 4.79 Å². The summed E-state index contributed by atoms with van der Waals surface area (Å²) < 4.78 is 5.47. The molecule has 1 amide bonds. The molecule has 0 atom stereocenters. The second-order valence-corrected chi connectivity index (χ2v) is 4.93. The fourth-order valence-electron chi connectivity index (χ4n) is 2.02. The number of benzene rings is 2. The summed E-state index contributed by atoms with van der Waals surface area (Å²) in [4.78, 5) is 13.9. The van der Waals surface area contributed by atoms with Crippen molar-refractivity contribution < 1.29 is 9.53 Å². The largest absolute Gasteiger partial charge is 0.482 e. The van der Waals surface area contributed by atoms with Gasteiger partial charge in [0.25, 0.3) is 5.91 Å². The molecule has 0 N–H and O–H groups in total. The Morgan fingerprint density at radius 3 is 2.59 bits per heavy atom. The molecule has 0 aromatic heterocycles. The SMILES string of the molecule is CCN(C(=O)COc1ccc(C#N)cc1Cl)c1ccccc1. The van der Waals surface area contributed by atoms with E-state index in [0.717, 1.165) is 5.69 Å². The molecule has 4 nitrogen and oxygen atoms in total. The molecule has 0 bridgehead atoms. The van der Waals surface area contributed by atoms with Crippen molar-refractivity contribution >= 4 is 23.2 Å². The highest BCUT2D eigenvalue weighted by Crippen LogP contribution is 2.25. The number of nitriles is 1. The van der Waals surface area contributed by atoms with Crippen molar-refractivity contribution in [3.8, 4) is 11.8 Å². The molecule has 0 fully saturated rings. The Bertz CT molecular complexity index is 696. The van der Waals surface area contributed by atoms with Crippen LogP contribution in [0, 0.1) is 11.3 Å². The first-order chi connectivity index (χ1) is 10.7. The maximum atomic E-state index is 12.3. The molecule has 2 rings (SSSR count). The van der Waals surface area contributed by atoms with E-state index in [1.165, 1.54) is 6.07 Å². The van der Waals surface area contributed by atoms with Gasteiger partial charge < -0.3 is 9.64 Å². The van der Waals surface area contributed by atoms with Gasteiger partial charge in [-0.25, -0.2) is 0 Å². The lowest BCUT2D eigenvalue weighted by molar-refractivity contribution is -0.120. The van der Waals surface area contributed by atoms with Gasteiger partial charge in [0.15, 0.2) is 6.61 Å². The number of nitrogens with zero attached hydrogens (tertiary/aromatic N) is 2. The zero-order valence-corrected chi connectivity index (χ0v) is 12.9. The van der Waals surface area contributed by atoms with E-state index in [2.05, 4.69) is 0 Å². The van der Waals surface area contributed by atoms with Gasteiger partial charge in [-0.15, -0.1) is 0 Å². The third-order valence-corrected chi connectivity index (χ3v) is 3.39. The van der Waals surface area contributed by atoms with Gasteiger partial charge in [-0.2, -0.15) is 5.26 Å². The standard InChI is InChI=1S/C17H15ClN2O2/c1-2-20(14-6-4-3-5-7-14)17(21)12-22-16-9-8-13(11-19)10-15(16)18/h3-10H,2,12H2,1H3. The number of halogens is 1. The third-order valence-electron chi connectivity index (χ3n) is 3.10. The third kappa shape index (κ3) is 3.78. The number of para-hydroxylation sites is 1. The summed E-state index contributed by atoms with van der Waals surface area (Å²) >= 11 is 6.02. The normalized spacial score (nSPS) is 9.86. The first-order valence-electron chi connectivity index (χ1n) is 6.83. The Labute approximate surface area is 134 Å². The van der Waals surface area contributed by atoms with Crippen LogP contribution < -0.4 is 9.64 Å². The molecule has 0 aliphatic carbocycles. The summed E-state index contributed by atoms with van der Waals surface area (Å²) in [5.74, 6) is 0.229. The lowest BCUT2D eigenvalue weighted by Crippen LogP contribution is -2.34. The second kappa shape index (κ2) is 7.48. The van der Waals surface area contributed by atoms with E-state index < -0.39 is 0 Å². The molecule has 2 aromatic rings. The second-order valence-electron chi connectivity index (χ2n) is 4.52. The topological polar surface area (TPSA) is 53.3 Å². The molecule has 0 saturated heterocycles. The summed E-state index contributed by atoms with van der Waals surface area (Å²) in [5, 5.41) is 9.11. The molecule has 5 heteroatoms. The Kier molecular flexibility index (Phi) is 5.40. The summed E-state index contributed by atoms with van der Waals surface area (Å²) in [6.07, 6.45) is 0. The number of amides is 1. The van der Waals surface area contributed by atoms with Crippen LogP contribution >= 0.6 is 11.6 Å². The van der Waals surface area contributed by atoms with Gasteiger partial charge in [0.1, 0.15) is 5.75 Å². The number of hydrogen-bond acceptors (Lipinski definition) is 3. The number of carbonyl (C=O) groups excluding carboxylic acids is 1. The highest BCUT2D eigenvalue weighted by molar-refractivity contribution is 6.32. The van der Waals surface area contributed by atoms with Crippen molar-refractivity contribution in [2.45, 2.75) is 6.92 Å². The van der Waals surface area contributed by atoms with E-state index in [1.54, 1.807) is 17.0 Å². The Hall–Kier alpha value is -2.51. The summed E-state index contributed by atoms with van der Waals surface area (Å²) in [5.41, 5.74) is 1.27. The average Bonchev–Trinajstić information content (AvgIpc) is 2.55. The van der Waals surface area contributed by atoms with E-state index in [-0.39, 0.29) is 12.5 Å². The minimum Gasteiger partial charge on any atom is -0.482 e. The van der Waals surface area contributed by atoms with Crippen molar-refractivity contribution in [3.63, 3.8) is 0 Å². The van der Waals surface area contributed by atoms with Crippen LogP contribution in [0.2, 0.25) is 5.02 Å². The molecular formula is C17H15ClN2O2. The average molecular weight is 315 g/mol. The molecule has 112 valence electrons. The van der Waals surface area contributed by atoms with Crippen molar-refractivity contribution in [2.24, 2.45) is 0 Å². The molecule has 0 saturated carbocycles. The Balaban J connectivity index is 2.04. The number of anilines is 1. The van der Waals surface area contributed by atoms with Gasteiger partial charge in [0.2, 0.25) is 0 Å². The van der Waals surface area contributed by atoms with Gasteiger partial charge in [0, 0.05) is 12.2 Å². The van der Waals surface area contributed by atoms with E-state index >= 15 is 0 Å². The molecule has 0 heterocycles. The summed E-state index contributed by atoms with van der Waals surface area (Å²) in [7, 11) is 0. The van der Waals surface area contributed by atoms with Crippen LogP contribution in [0.25, 0.3) is 0 Å². The van der Waals surface area contributed by atoms with Gasteiger partial charge >= 0.3 is 0 Å². The fourth-order valence-corrected chi connectivity index (χ4v) is 2.25. The molecule has 0 unspecified atom stereocenters. The van der Waals surface area contributed by atoms with Crippen molar-refractivity contribution in [2.75, 3.05) is 18.1 Å². The first kappa shape index (κ1) is 15.9. The Morgan fingerprint density at radius 1 is 1.27 bits per heavy atom. The smallest absolute Gasteiger partial charge is 0.264 e. The highest BCUT2D eigenvalue weighted by atomic mass is 35.5. The van der Waals surface area contributed by atoms with Crippen LogP contribution in [0.4, 0.5) is 5.69 Å². The molecule has 0 radical (unpaired) electrons. The van der Waals surface area contributed by atoms with E-state index in [4.69, 9.17) is 21.6 Å². The minimum atomic E-state index is -0.158. The summed E-state index contributed by atoms with van der Waals surface area (Å²) in [6, 6.07) is 16.1. The predicted octanol–water partition coefficient (Wildman–Crippen LogP) is 3.64. The molecular weight excluding hydrogens is 300 g/mol. The predicted molar refractivity (Wildman–Crippen MR) is 86.1 cm³/mol. The zero-order chi connectivity index (χ0) is 15.9. The quantitative estimate of drug-likeness (QED) is 0.846. The van der Waals surface area contributed by atoms with Crippen molar-refractivity contribution in [1.82, 2.24) is 0 Å². The molecule has 0 spiro atoms. The van der Waals surface area contributed by atoms with Crippen molar-refractivity contribution in [1.29, 1.82) is 5.26 Å². The maximum absolute atomic E-state index is 12.3. The molecule has 22 heavy (non-hydrogen) atoms. The lowest BCUT2D eigenvalue weighted by Gasteiger charge is -2.21. The number of hydrogen-bond donors (Lipinski definition) is 0. The van der Waals surface area contributed by atoms with Gasteiger partial charge in [-0.3, -0.25) is 4.79 Å². The van der Waals surface area contributed by atoms with Crippen LogP contribution in [-0.4, -0.2) is 19.1 Å². The zero-order valence-electron chi connectivity index (χ0n) is 12.1. The highest BCUT2D eigenvalue weighted by Gasteiger charge is 2.15. The van der Waals surface area contributed by atoms with Crippen molar-refractivity contribution in [3.05, 3.63) is 59.1 Å². The number of likely N-dealkylation sites (N-methyl/N-ethyl adjacent to an activating group) is 1. The fraction of sp³-hybridized carbons (Fsp3) is 0.176. The Morgan fingerprint density at radius 2 is 2.00 bits per heavy atom. The van der Waals surface area contributed by atoms with E-state index in [0.29, 0.717) is 22.9 Å². The number of carbonyl (C=O) groups is 1. The van der Waals surface area contributed by atoms with Crippen LogP contribution in [0.15, 0.2) is 48.5 Å². The maximum Gasteiger partial charge on any atom is 0.264 e. The lowest BCUT2D eigenvalue weighted by atomic mass is 10.2. The van der Waals surface area contributed by atoms with Gasteiger partial charge in [-0.1, -0.05) is 29.8 Å².